The second kappa shape index (κ2) is 12.3. The van der Waals surface area contributed by atoms with Crippen LogP contribution in [0.3, 0.4) is 0 Å². The highest BCUT2D eigenvalue weighted by atomic mass is 19.1. The van der Waals surface area contributed by atoms with Crippen LogP contribution in [0.2, 0.25) is 0 Å². The Morgan fingerprint density at radius 2 is 1.90 bits per heavy atom. The fourth-order valence-electron chi connectivity index (χ4n) is 2.96. The van der Waals surface area contributed by atoms with Gasteiger partial charge >= 0.3 is 0 Å². The number of hydroxylamine groups is 1. The van der Waals surface area contributed by atoms with Gasteiger partial charge in [-0.15, -0.1) is 0 Å². The van der Waals surface area contributed by atoms with E-state index in [0.29, 0.717) is 31.0 Å². The Balaban J connectivity index is 2.08. The summed E-state index contributed by atoms with van der Waals surface area (Å²) in [4.78, 5) is 17.3. The van der Waals surface area contributed by atoms with E-state index in [2.05, 4.69) is 10.3 Å². The van der Waals surface area contributed by atoms with Crippen LogP contribution in [0.15, 0.2) is 54.9 Å². The minimum Gasteiger partial charge on any atom is -0.394 e. The maximum Gasteiger partial charge on any atom is 0.243 e. The van der Waals surface area contributed by atoms with Crippen LogP contribution in [-0.4, -0.2) is 35.5 Å². The standard InChI is InChI=1S/C22H28FN5O2/c1-25-13-12-20(24)28(15-5-3-2-4-6-22(29)27-30)21-16-18(11-14-26-21)17-7-9-19(23)10-8-17/h7-14,16,24-25,30H,2-6,15H2,1H3,(H,27,29)/b13-12-,24-20?. The number of unbranched alkanes of at least 4 members (excludes halogenated alkanes) is 3. The molecule has 160 valence electrons. The van der Waals surface area contributed by atoms with Crippen molar-refractivity contribution < 1.29 is 14.4 Å². The van der Waals surface area contributed by atoms with Crippen LogP contribution in [-0.2, 0) is 4.79 Å². The molecule has 0 fully saturated rings. The lowest BCUT2D eigenvalue weighted by Crippen LogP contribution is -2.31. The highest BCUT2D eigenvalue weighted by Crippen LogP contribution is 2.24. The molecule has 0 saturated heterocycles. The van der Waals surface area contributed by atoms with Gasteiger partial charge in [0.2, 0.25) is 5.91 Å². The third-order valence-corrected chi connectivity index (χ3v) is 4.56. The largest absolute Gasteiger partial charge is 0.394 e. The number of anilines is 1. The van der Waals surface area contributed by atoms with Crippen LogP contribution >= 0.6 is 0 Å². The molecule has 1 amide bonds. The Kier molecular flexibility index (Phi) is 9.47. The van der Waals surface area contributed by atoms with Crippen molar-refractivity contribution >= 4 is 17.6 Å². The first-order chi connectivity index (χ1) is 14.5. The molecule has 8 heteroatoms. The van der Waals surface area contributed by atoms with Gasteiger partial charge in [-0.05, 0) is 60.5 Å². The maximum absolute atomic E-state index is 13.2. The van der Waals surface area contributed by atoms with Gasteiger partial charge in [-0.2, -0.15) is 0 Å². The van der Waals surface area contributed by atoms with Crippen LogP contribution in [0.1, 0.15) is 32.1 Å². The average molecular weight is 413 g/mol. The molecule has 2 aromatic rings. The number of carbonyl (C=O) groups excluding carboxylic acids is 1. The first-order valence-electron chi connectivity index (χ1n) is 9.90. The van der Waals surface area contributed by atoms with Crippen molar-refractivity contribution in [1.82, 2.24) is 15.8 Å². The summed E-state index contributed by atoms with van der Waals surface area (Å²) in [6, 6.07) is 10.0. The molecule has 30 heavy (non-hydrogen) atoms. The van der Waals surface area contributed by atoms with E-state index in [-0.39, 0.29) is 11.7 Å². The number of hydrogen-bond acceptors (Lipinski definition) is 5. The van der Waals surface area contributed by atoms with Crippen LogP contribution in [0.25, 0.3) is 11.1 Å². The molecule has 0 radical (unpaired) electrons. The molecule has 4 N–H and O–H groups in total. The quantitative estimate of drug-likeness (QED) is 0.147. The Morgan fingerprint density at radius 3 is 2.60 bits per heavy atom. The Bertz CT molecular complexity index is 855. The molecule has 0 bridgehead atoms. The van der Waals surface area contributed by atoms with Crippen molar-refractivity contribution in [2.75, 3.05) is 18.5 Å². The van der Waals surface area contributed by atoms with Crippen molar-refractivity contribution in [2.24, 2.45) is 0 Å². The number of amidine groups is 1. The lowest BCUT2D eigenvalue weighted by molar-refractivity contribution is -0.129. The van der Waals surface area contributed by atoms with Gasteiger partial charge in [0, 0.05) is 26.2 Å². The molecule has 2 rings (SSSR count). The number of nitrogens with zero attached hydrogens (tertiary/aromatic N) is 2. The van der Waals surface area contributed by atoms with Crippen LogP contribution < -0.4 is 15.7 Å². The van der Waals surface area contributed by atoms with E-state index >= 15 is 0 Å². The average Bonchev–Trinajstić information content (AvgIpc) is 2.77. The van der Waals surface area contributed by atoms with Gasteiger partial charge in [-0.3, -0.25) is 15.4 Å². The van der Waals surface area contributed by atoms with Crippen molar-refractivity contribution in [1.29, 1.82) is 5.41 Å². The van der Waals surface area contributed by atoms with E-state index in [4.69, 9.17) is 10.6 Å². The third-order valence-electron chi connectivity index (χ3n) is 4.56. The lowest BCUT2D eigenvalue weighted by Gasteiger charge is -2.23. The second-order valence-electron chi connectivity index (χ2n) is 6.77. The second-order valence-corrected chi connectivity index (χ2v) is 6.77. The van der Waals surface area contributed by atoms with Crippen molar-refractivity contribution in [3.8, 4) is 11.1 Å². The molecular weight excluding hydrogens is 385 g/mol. The van der Waals surface area contributed by atoms with Gasteiger partial charge in [0.1, 0.15) is 17.5 Å². The van der Waals surface area contributed by atoms with E-state index in [1.807, 2.05) is 17.0 Å². The summed E-state index contributed by atoms with van der Waals surface area (Å²) in [5, 5.41) is 19.8. The minimum atomic E-state index is -0.377. The van der Waals surface area contributed by atoms with Crippen molar-refractivity contribution in [3.63, 3.8) is 0 Å². The number of nitrogens with one attached hydrogen (secondary N) is 3. The predicted molar refractivity (Wildman–Crippen MR) is 116 cm³/mol. The van der Waals surface area contributed by atoms with E-state index in [0.717, 1.165) is 30.4 Å². The number of aromatic nitrogens is 1. The van der Waals surface area contributed by atoms with E-state index in [1.54, 1.807) is 43.1 Å². The molecule has 0 aliphatic rings. The van der Waals surface area contributed by atoms with Crippen LogP contribution in [0, 0.1) is 11.2 Å². The van der Waals surface area contributed by atoms with Gasteiger partial charge in [-0.1, -0.05) is 25.0 Å². The molecule has 0 unspecified atom stereocenters. The van der Waals surface area contributed by atoms with Gasteiger partial charge in [0.25, 0.3) is 0 Å². The summed E-state index contributed by atoms with van der Waals surface area (Å²) in [5.74, 6) is 0.275. The van der Waals surface area contributed by atoms with Crippen molar-refractivity contribution in [3.05, 3.63) is 60.7 Å². The van der Waals surface area contributed by atoms with E-state index in [1.165, 1.54) is 12.1 Å². The van der Waals surface area contributed by atoms with Gasteiger partial charge in [0.15, 0.2) is 0 Å². The number of rotatable bonds is 11. The predicted octanol–water partition coefficient (Wildman–Crippen LogP) is 3.86. The Morgan fingerprint density at radius 1 is 1.17 bits per heavy atom. The van der Waals surface area contributed by atoms with Crippen LogP contribution in [0.4, 0.5) is 10.2 Å². The SMILES string of the molecule is CN/C=C\C(=N)N(CCCCCCC(=O)NO)c1cc(-c2ccc(F)cc2)ccn1. The normalized spacial score (nSPS) is 10.8. The molecule has 0 atom stereocenters. The zero-order valence-corrected chi connectivity index (χ0v) is 17.1. The molecule has 0 aliphatic heterocycles. The topological polar surface area (TPSA) is 101 Å². The maximum atomic E-state index is 13.2. The lowest BCUT2D eigenvalue weighted by atomic mass is 10.1. The highest BCUT2D eigenvalue weighted by molar-refractivity contribution is 6.03. The molecule has 0 spiro atoms. The molecule has 1 heterocycles. The Labute approximate surface area is 176 Å². The summed E-state index contributed by atoms with van der Waals surface area (Å²) in [6.45, 7) is 0.596. The number of hydrogen-bond donors (Lipinski definition) is 4. The molecule has 7 nitrogen and oxygen atoms in total. The third kappa shape index (κ3) is 7.29. The van der Waals surface area contributed by atoms with E-state index < -0.39 is 0 Å². The molecule has 0 saturated carbocycles. The summed E-state index contributed by atoms with van der Waals surface area (Å²) in [6.07, 6.45) is 8.58. The first-order valence-corrected chi connectivity index (χ1v) is 9.90. The number of pyridine rings is 1. The van der Waals surface area contributed by atoms with Gasteiger partial charge in [0.05, 0.1) is 0 Å². The van der Waals surface area contributed by atoms with Gasteiger partial charge in [-0.25, -0.2) is 14.9 Å². The summed E-state index contributed by atoms with van der Waals surface area (Å²) >= 11 is 0. The summed E-state index contributed by atoms with van der Waals surface area (Å²) < 4.78 is 13.2. The number of carbonyl (C=O) groups is 1. The monoisotopic (exact) mass is 413 g/mol. The zero-order chi connectivity index (χ0) is 21.8. The number of amides is 1. The fourth-order valence-corrected chi connectivity index (χ4v) is 2.96. The van der Waals surface area contributed by atoms with Gasteiger partial charge < -0.3 is 10.2 Å². The molecule has 1 aromatic carbocycles. The summed E-state index contributed by atoms with van der Waals surface area (Å²) in [7, 11) is 1.77. The van der Waals surface area contributed by atoms with Crippen LogP contribution in [0.5, 0.6) is 0 Å². The molecule has 0 aliphatic carbocycles. The minimum absolute atomic E-state index is 0.287. The van der Waals surface area contributed by atoms with E-state index in [9.17, 15) is 9.18 Å². The zero-order valence-electron chi connectivity index (χ0n) is 17.1. The summed E-state index contributed by atoms with van der Waals surface area (Å²) in [5.41, 5.74) is 3.40. The highest BCUT2D eigenvalue weighted by Gasteiger charge is 2.13. The fraction of sp³-hybridized carbons (Fsp3) is 0.318. The van der Waals surface area contributed by atoms with Crippen molar-refractivity contribution in [2.45, 2.75) is 32.1 Å². The molecular formula is C22H28FN5O2. The number of halogens is 1. The number of benzene rings is 1. The smallest absolute Gasteiger partial charge is 0.243 e. The molecule has 1 aromatic heterocycles. The Hall–Kier alpha value is -3.26. The first kappa shape index (κ1) is 23.0.